The number of fused-ring (bicyclic) bond motifs is 2. The molecule has 1 saturated carbocycles. The predicted molar refractivity (Wildman–Crippen MR) is 246 cm³/mol. The number of rotatable bonds is 9. The van der Waals surface area contributed by atoms with E-state index in [2.05, 4.69) is 49.1 Å². The second kappa shape index (κ2) is 15.3. The molecular weight excluding hydrogens is 847 g/mol. The second-order valence-corrected chi connectivity index (χ2v) is 23.1. The molecule has 0 spiro atoms. The van der Waals surface area contributed by atoms with Gasteiger partial charge in [0, 0.05) is 54.6 Å². The van der Waals surface area contributed by atoms with E-state index in [-0.39, 0.29) is 34.9 Å². The summed E-state index contributed by atoms with van der Waals surface area (Å²) in [5, 5.41) is 10.2. The van der Waals surface area contributed by atoms with Gasteiger partial charge in [0.05, 0.1) is 35.9 Å². The number of H-pyrrole nitrogens is 1. The Morgan fingerprint density at radius 1 is 0.969 bits per heavy atom. The van der Waals surface area contributed by atoms with Gasteiger partial charge < -0.3 is 18.8 Å². The molecule has 0 radical (unpaired) electrons. The van der Waals surface area contributed by atoms with Crippen molar-refractivity contribution in [1.82, 2.24) is 38.5 Å². The fourth-order valence-electron chi connectivity index (χ4n) is 10.7. The molecule has 338 valence electrons. The molecule has 4 atom stereocenters. The number of nitrogens with zero attached hydrogens (tertiary/aromatic N) is 7. The molecule has 10 rings (SSSR count). The summed E-state index contributed by atoms with van der Waals surface area (Å²) in [7, 11) is -2.39. The lowest BCUT2D eigenvalue weighted by molar-refractivity contribution is -0.0592. The maximum absolute atomic E-state index is 15.5. The number of amides is 1. The normalized spacial score (nSPS) is 21.8. The summed E-state index contributed by atoms with van der Waals surface area (Å²) < 4.78 is 45.8. The van der Waals surface area contributed by atoms with Gasteiger partial charge in [0.1, 0.15) is 22.9 Å². The molecular formula is C49H54FN8O6P. The molecule has 14 nitrogen and oxygen atoms in total. The fraction of sp³-hybridized carbons (Fsp3) is 0.408. The minimum atomic E-state index is -2.39. The molecule has 4 aromatic heterocycles. The van der Waals surface area contributed by atoms with Crippen molar-refractivity contribution in [3.05, 3.63) is 145 Å². The number of aryl methyl sites for hydroxylation is 2. The van der Waals surface area contributed by atoms with Crippen molar-refractivity contribution in [2.45, 2.75) is 96.5 Å². The van der Waals surface area contributed by atoms with Crippen LogP contribution in [-0.2, 0) is 27.4 Å². The van der Waals surface area contributed by atoms with Gasteiger partial charge in [-0.25, -0.2) is 18.7 Å². The topological polar surface area (TPSA) is 155 Å². The van der Waals surface area contributed by atoms with Crippen molar-refractivity contribution < 1.29 is 23.0 Å². The molecule has 16 heteroatoms. The van der Waals surface area contributed by atoms with Gasteiger partial charge in [0.25, 0.3) is 5.91 Å². The first-order chi connectivity index (χ1) is 30.8. The molecule has 3 aromatic carbocycles. The molecule has 2 aliphatic heterocycles. The molecule has 65 heavy (non-hydrogen) atoms. The van der Waals surface area contributed by atoms with E-state index in [1.54, 1.807) is 65.5 Å². The number of hydrogen-bond donors (Lipinski definition) is 1. The van der Waals surface area contributed by atoms with E-state index in [0.29, 0.717) is 77.6 Å². The highest BCUT2D eigenvalue weighted by Gasteiger charge is 2.59. The zero-order chi connectivity index (χ0) is 45.9. The Morgan fingerprint density at radius 3 is 2.38 bits per heavy atom. The highest BCUT2D eigenvalue weighted by atomic mass is 31.2. The average molecular weight is 901 g/mol. The van der Waals surface area contributed by atoms with Crippen LogP contribution in [0.5, 0.6) is 0 Å². The lowest BCUT2D eigenvalue weighted by Crippen LogP contribution is -2.41. The van der Waals surface area contributed by atoms with Gasteiger partial charge in [0.15, 0.2) is 5.82 Å². The Kier molecular flexibility index (Phi) is 10.1. The average Bonchev–Trinajstić information content (AvgIpc) is 3.74. The Hall–Kier alpha value is -6.05. The highest BCUT2D eigenvalue weighted by Crippen LogP contribution is 2.56. The van der Waals surface area contributed by atoms with E-state index in [0.717, 1.165) is 35.0 Å². The van der Waals surface area contributed by atoms with Crippen LogP contribution >= 0.6 is 7.14 Å². The number of nitrogens with one attached hydrogen (secondary N) is 1. The number of benzene rings is 3. The molecule has 7 aromatic rings. The van der Waals surface area contributed by atoms with Crippen molar-refractivity contribution in [2.75, 3.05) is 26.5 Å². The van der Waals surface area contributed by atoms with Crippen LogP contribution in [0.2, 0.25) is 0 Å². The monoisotopic (exact) mass is 900 g/mol. The molecule has 6 heterocycles. The van der Waals surface area contributed by atoms with Crippen LogP contribution in [0, 0.1) is 25.6 Å². The van der Waals surface area contributed by atoms with E-state index >= 15 is 9.18 Å². The molecule has 1 amide bonds. The summed E-state index contributed by atoms with van der Waals surface area (Å²) in [5.41, 5.74) is 5.34. The van der Waals surface area contributed by atoms with E-state index < -0.39 is 24.5 Å². The van der Waals surface area contributed by atoms with Crippen LogP contribution in [0.25, 0.3) is 28.1 Å². The van der Waals surface area contributed by atoms with Crippen LogP contribution < -0.4 is 11.4 Å². The summed E-state index contributed by atoms with van der Waals surface area (Å²) in [6, 6.07) is 18.7. The lowest BCUT2D eigenvalue weighted by Gasteiger charge is -2.35. The summed E-state index contributed by atoms with van der Waals surface area (Å²) in [5.74, 6) is -0.0966. The standard InChI is InChI=1S/C49H54FN8O6P/c1-28-20-37(21-29(2)42(28)50)58-43(56-18-17-55(47(56)61)36-11-9-10-32(22-36)27-65(7,8)62)41-31(4)54(16-14-38(41)52-58)44(59)40-24-35-23-33(34-15-19-63-48(5,6)26-34)12-13-39(35)57(40)49(25-30(49)3)45-51-46(60)64-53-45/h9-13,17-18,20-24,30-31,34H,14-16,19,25-27H2,1-8H3,(H,51,53,60). The first-order valence-electron chi connectivity index (χ1n) is 22.3. The van der Waals surface area contributed by atoms with Gasteiger partial charge in [-0.15, -0.1) is 0 Å². The largest absolute Gasteiger partial charge is 0.438 e. The number of aromatic nitrogens is 7. The van der Waals surface area contributed by atoms with Crippen LogP contribution in [0.3, 0.4) is 0 Å². The van der Waals surface area contributed by atoms with Gasteiger partial charge in [-0.3, -0.25) is 23.4 Å². The van der Waals surface area contributed by atoms with E-state index in [4.69, 9.17) is 14.4 Å². The maximum Gasteiger partial charge on any atom is 0.438 e. The first kappa shape index (κ1) is 42.9. The zero-order valence-electron chi connectivity index (χ0n) is 38.0. The maximum atomic E-state index is 15.5. The molecule has 2 fully saturated rings. The molecule has 3 aliphatic rings. The zero-order valence-corrected chi connectivity index (χ0v) is 38.9. The fourth-order valence-corrected chi connectivity index (χ4v) is 11.8. The SMILES string of the molecule is Cc1cc(-n2nc3c(c2-n2ccn(-c4cccc(CP(C)(C)=O)c4)c2=O)C(C)N(C(=O)c2cc4cc(C5CCOC(C)(C)C5)ccc4n2C2(c4noc(=O)[nH]4)CC2C)CC3)cc(C)c1F. The molecule has 1 aliphatic carbocycles. The van der Waals surface area contributed by atoms with Crippen molar-refractivity contribution >= 4 is 24.0 Å². The van der Waals surface area contributed by atoms with Crippen LogP contribution in [0.1, 0.15) is 109 Å². The summed E-state index contributed by atoms with van der Waals surface area (Å²) >= 11 is 0. The lowest BCUT2D eigenvalue weighted by atomic mass is 9.83. The van der Waals surface area contributed by atoms with Gasteiger partial charge in [-0.2, -0.15) is 5.10 Å². The van der Waals surface area contributed by atoms with E-state index in [1.165, 1.54) is 5.56 Å². The van der Waals surface area contributed by atoms with Crippen LogP contribution in [0.4, 0.5) is 4.39 Å². The Bertz CT molecular complexity index is 3210. The Labute approximate surface area is 375 Å². The van der Waals surface area contributed by atoms with Gasteiger partial charge in [-0.05, 0) is 144 Å². The van der Waals surface area contributed by atoms with Crippen molar-refractivity contribution in [2.24, 2.45) is 5.92 Å². The van der Waals surface area contributed by atoms with Crippen LogP contribution in [0.15, 0.2) is 87.2 Å². The summed E-state index contributed by atoms with van der Waals surface area (Å²) in [6.07, 6.45) is 6.55. The van der Waals surface area contributed by atoms with Crippen LogP contribution in [-0.4, -0.2) is 76.5 Å². The van der Waals surface area contributed by atoms with E-state index in [1.807, 2.05) is 46.7 Å². The minimum Gasteiger partial charge on any atom is -0.376 e. The third kappa shape index (κ3) is 7.27. The minimum absolute atomic E-state index is 0.0178. The summed E-state index contributed by atoms with van der Waals surface area (Å²) in [6.45, 7) is 16.2. The molecule has 4 unspecified atom stereocenters. The number of aromatic amines is 1. The smallest absolute Gasteiger partial charge is 0.376 e. The third-order valence-corrected chi connectivity index (χ3v) is 15.0. The second-order valence-electron chi connectivity index (χ2n) is 19.6. The van der Waals surface area contributed by atoms with E-state index in [9.17, 15) is 14.2 Å². The van der Waals surface area contributed by atoms with Gasteiger partial charge in [-0.1, -0.05) is 30.3 Å². The van der Waals surface area contributed by atoms with Crippen molar-refractivity contribution in [1.29, 1.82) is 0 Å². The Balaban J connectivity index is 1.11. The Morgan fingerprint density at radius 2 is 1.71 bits per heavy atom. The van der Waals surface area contributed by atoms with Crippen molar-refractivity contribution in [3.8, 4) is 17.2 Å². The number of ether oxygens (including phenoxy) is 1. The summed E-state index contributed by atoms with van der Waals surface area (Å²) in [4.78, 5) is 47.3. The third-order valence-electron chi connectivity index (χ3n) is 13.9. The number of imidazole rings is 1. The van der Waals surface area contributed by atoms with Gasteiger partial charge in [0.2, 0.25) is 0 Å². The van der Waals surface area contributed by atoms with Gasteiger partial charge >= 0.3 is 11.4 Å². The first-order valence-corrected chi connectivity index (χ1v) is 25.1. The predicted octanol–water partition coefficient (Wildman–Crippen LogP) is 8.54. The highest BCUT2D eigenvalue weighted by molar-refractivity contribution is 7.61. The molecule has 1 N–H and O–H groups in total. The molecule has 0 bridgehead atoms. The number of carbonyl (C=O) groups is 1. The number of carbonyl (C=O) groups excluding carboxylic acids is 1. The number of hydrogen-bond acceptors (Lipinski definition) is 8. The molecule has 1 saturated heterocycles. The number of halogens is 1. The van der Waals surface area contributed by atoms with Crippen molar-refractivity contribution in [3.63, 3.8) is 0 Å². The quantitative estimate of drug-likeness (QED) is 0.141.